The molecule has 0 fully saturated rings. The zero-order valence-corrected chi connectivity index (χ0v) is 9.07. The van der Waals surface area contributed by atoms with E-state index in [-0.39, 0.29) is 10.8 Å². The van der Waals surface area contributed by atoms with Crippen LogP contribution in [0.25, 0.3) is 10.9 Å². The van der Waals surface area contributed by atoms with Crippen molar-refractivity contribution < 1.29 is 14.4 Å². The van der Waals surface area contributed by atoms with E-state index in [0.29, 0.717) is 9.99 Å². The predicted octanol–water partition coefficient (Wildman–Crippen LogP) is 0.816. The van der Waals surface area contributed by atoms with E-state index in [0.717, 1.165) is 0 Å². The lowest BCUT2D eigenvalue weighted by molar-refractivity contribution is 0.423. The second-order valence-electron chi connectivity index (χ2n) is 3.03. The van der Waals surface area contributed by atoms with Crippen molar-refractivity contribution in [3.05, 3.63) is 34.7 Å². The molecule has 2 rings (SSSR count). The SMILES string of the molecule is OB(O)c1cc(Br)c2ncccc2c1F. The first-order valence-electron chi connectivity index (χ1n) is 4.20. The van der Waals surface area contributed by atoms with Gasteiger partial charge in [0, 0.05) is 21.5 Å². The highest BCUT2D eigenvalue weighted by molar-refractivity contribution is 9.10. The lowest BCUT2D eigenvalue weighted by Gasteiger charge is -2.06. The van der Waals surface area contributed by atoms with Crippen molar-refractivity contribution in [3.8, 4) is 0 Å². The lowest BCUT2D eigenvalue weighted by atomic mass is 9.79. The van der Waals surface area contributed by atoms with Gasteiger partial charge in [0.1, 0.15) is 5.82 Å². The van der Waals surface area contributed by atoms with Crippen LogP contribution in [0.3, 0.4) is 0 Å². The van der Waals surface area contributed by atoms with Crippen molar-refractivity contribution in [2.24, 2.45) is 0 Å². The molecule has 2 aromatic rings. The molecule has 3 nitrogen and oxygen atoms in total. The summed E-state index contributed by atoms with van der Waals surface area (Å²) in [5.41, 5.74) is 0.293. The largest absolute Gasteiger partial charge is 0.491 e. The summed E-state index contributed by atoms with van der Waals surface area (Å²) in [4.78, 5) is 3.99. The lowest BCUT2D eigenvalue weighted by Crippen LogP contribution is -2.33. The van der Waals surface area contributed by atoms with Gasteiger partial charge in [0.05, 0.1) is 5.52 Å². The van der Waals surface area contributed by atoms with Crippen molar-refractivity contribution in [1.82, 2.24) is 4.98 Å². The molecule has 0 bridgehead atoms. The molecular formula is C9H6BBrFNO2. The Kier molecular flexibility index (Phi) is 2.73. The highest BCUT2D eigenvalue weighted by atomic mass is 79.9. The number of aromatic nitrogens is 1. The van der Waals surface area contributed by atoms with Gasteiger partial charge in [-0.1, -0.05) is 0 Å². The molecule has 15 heavy (non-hydrogen) atoms. The summed E-state index contributed by atoms with van der Waals surface area (Å²) in [5, 5.41) is 18.2. The second-order valence-corrected chi connectivity index (χ2v) is 3.89. The first-order chi connectivity index (χ1) is 7.11. The van der Waals surface area contributed by atoms with Gasteiger partial charge >= 0.3 is 7.12 Å². The summed E-state index contributed by atoms with van der Waals surface area (Å²) in [6.45, 7) is 0. The minimum absolute atomic E-state index is 0.164. The summed E-state index contributed by atoms with van der Waals surface area (Å²) in [6, 6.07) is 4.44. The maximum absolute atomic E-state index is 13.7. The van der Waals surface area contributed by atoms with Crippen LogP contribution in [0.1, 0.15) is 0 Å². The zero-order valence-electron chi connectivity index (χ0n) is 7.48. The van der Waals surface area contributed by atoms with Crippen molar-refractivity contribution in [2.45, 2.75) is 0 Å². The molecule has 2 N–H and O–H groups in total. The second kappa shape index (κ2) is 3.88. The van der Waals surface area contributed by atoms with Gasteiger partial charge in [-0.05, 0) is 34.1 Å². The molecule has 1 aromatic heterocycles. The molecule has 0 saturated carbocycles. The van der Waals surface area contributed by atoms with Crippen LogP contribution in [0.2, 0.25) is 0 Å². The van der Waals surface area contributed by atoms with Crippen LogP contribution in [0, 0.1) is 5.82 Å². The summed E-state index contributed by atoms with van der Waals surface area (Å²) in [6.07, 6.45) is 1.54. The van der Waals surface area contributed by atoms with Gasteiger partial charge < -0.3 is 10.0 Å². The van der Waals surface area contributed by atoms with Gasteiger partial charge in [-0.2, -0.15) is 0 Å². The number of pyridine rings is 1. The van der Waals surface area contributed by atoms with E-state index in [1.54, 1.807) is 12.3 Å². The Labute approximate surface area is 93.8 Å². The number of benzene rings is 1. The van der Waals surface area contributed by atoms with E-state index in [9.17, 15) is 4.39 Å². The number of rotatable bonds is 1. The minimum atomic E-state index is -1.83. The van der Waals surface area contributed by atoms with E-state index >= 15 is 0 Å². The smallest absolute Gasteiger partial charge is 0.423 e. The Morgan fingerprint density at radius 1 is 1.40 bits per heavy atom. The average Bonchev–Trinajstić information content (AvgIpc) is 2.23. The van der Waals surface area contributed by atoms with Crippen LogP contribution in [0.5, 0.6) is 0 Å². The van der Waals surface area contributed by atoms with E-state index < -0.39 is 12.9 Å². The molecule has 76 valence electrons. The maximum atomic E-state index is 13.7. The summed E-state index contributed by atoms with van der Waals surface area (Å²) < 4.78 is 14.2. The molecule has 0 atom stereocenters. The van der Waals surface area contributed by atoms with Gasteiger partial charge in [-0.25, -0.2) is 4.39 Å². The number of hydrogen-bond acceptors (Lipinski definition) is 3. The molecule has 0 aliphatic heterocycles. The monoisotopic (exact) mass is 269 g/mol. The quantitative estimate of drug-likeness (QED) is 0.754. The fraction of sp³-hybridized carbons (Fsp3) is 0. The first kappa shape index (κ1) is 10.5. The number of nitrogens with zero attached hydrogens (tertiary/aromatic N) is 1. The molecule has 0 amide bonds. The van der Waals surface area contributed by atoms with E-state index in [1.165, 1.54) is 12.1 Å². The highest BCUT2D eigenvalue weighted by Gasteiger charge is 2.20. The average molecular weight is 270 g/mol. The van der Waals surface area contributed by atoms with E-state index in [2.05, 4.69) is 20.9 Å². The molecule has 0 radical (unpaired) electrons. The third-order valence-electron chi connectivity index (χ3n) is 2.08. The fourth-order valence-corrected chi connectivity index (χ4v) is 1.95. The third-order valence-corrected chi connectivity index (χ3v) is 2.69. The number of hydrogen-bond donors (Lipinski definition) is 2. The summed E-state index contributed by atoms with van der Waals surface area (Å²) >= 11 is 3.20. The Morgan fingerprint density at radius 3 is 2.80 bits per heavy atom. The normalized spacial score (nSPS) is 10.7. The fourth-order valence-electron chi connectivity index (χ4n) is 1.38. The van der Waals surface area contributed by atoms with Gasteiger partial charge in [-0.15, -0.1) is 0 Å². The number of fused-ring (bicyclic) bond motifs is 1. The summed E-state index contributed by atoms with van der Waals surface area (Å²) in [5.74, 6) is -0.656. The van der Waals surface area contributed by atoms with Crippen molar-refractivity contribution >= 4 is 39.4 Å². The van der Waals surface area contributed by atoms with Crippen LogP contribution in [0.4, 0.5) is 4.39 Å². The Hall–Kier alpha value is -0.975. The molecular weight excluding hydrogens is 264 g/mol. The minimum Gasteiger partial charge on any atom is -0.423 e. The van der Waals surface area contributed by atoms with E-state index in [1.807, 2.05) is 0 Å². The molecule has 1 heterocycles. The summed E-state index contributed by atoms with van der Waals surface area (Å²) in [7, 11) is -1.83. The van der Waals surface area contributed by atoms with E-state index in [4.69, 9.17) is 10.0 Å². The maximum Gasteiger partial charge on any atom is 0.491 e. The number of halogens is 2. The first-order valence-corrected chi connectivity index (χ1v) is 4.99. The molecule has 1 aromatic carbocycles. The predicted molar refractivity (Wildman–Crippen MR) is 59.2 cm³/mol. The molecule has 0 saturated heterocycles. The van der Waals surface area contributed by atoms with Crippen molar-refractivity contribution in [3.63, 3.8) is 0 Å². The van der Waals surface area contributed by atoms with Crippen LogP contribution in [-0.2, 0) is 0 Å². The Balaban J connectivity index is 2.84. The molecule has 0 spiro atoms. The van der Waals surface area contributed by atoms with Crippen LogP contribution >= 0.6 is 15.9 Å². The van der Waals surface area contributed by atoms with Gasteiger partial charge in [0.15, 0.2) is 0 Å². The molecule has 0 aliphatic rings. The molecule has 0 aliphatic carbocycles. The van der Waals surface area contributed by atoms with Crippen molar-refractivity contribution in [1.29, 1.82) is 0 Å². The Bertz CT molecular complexity index is 521. The van der Waals surface area contributed by atoms with Crippen LogP contribution < -0.4 is 5.46 Å². The zero-order chi connectivity index (χ0) is 11.0. The van der Waals surface area contributed by atoms with Gasteiger partial charge in [-0.3, -0.25) is 4.98 Å². The van der Waals surface area contributed by atoms with Crippen LogP contribution in [-0.4, -0.2) is 22.2 Å². The van der Waals surface area contributed by atoms with Gasteiger partial charge in [0.2, 0.25) is 0 Å². The standard InChI is InChI=1S/C9H6BBrFNO2/c11-7-4-6(10(14)15)8(12)5-2-1-3-13-9(5)7/h1-4,14-15H. The topological polar surface area (TPSA) is 53.4 Å². The highest BCUT2D eigenvalue weighted by Crippen LogP contribution is 2.22. The van der Waals surface area contributed by atoms with Crippen molar-refractivity contribution in [2.75, 3.05) is 0 Å². The Morgan fingerprint density at radius 2 is 2.13 bits per heavy atom. The molecule has 6 heteroatoms. The molecule has 0 unspecified atom stereocenters. The van der Waals surface area contributed by atoms with Crippen LogP contribution in [0.15, 0.2) is 28.9 Å². The third kappa shape index (κ3) is 1.76. The van der Waals surface area contributed by atoms with Gasteiger partial charge in [0.25, 0.3) is 0 Å².